The summed E-state index contributed by atoms with van der Waals surface area (Å²) in [4.78, 5) is 11.8. The van der Waals surface area contributed by atoms with Crippen molar-refractivity contribution in [3.8, 4) is 0 Å². The number of sulfonamides is 1. The number of hydrogen-bond acceptors (Lipinski definition) is 3. The lowest BCUT2D eigenvalue weighted by Crippen LogP contribution is -2.30. The van der Waals surface area contributed by atoms with Gasteiger partial charge in [-0.2, -0.15) is 0 Å². The van der Waals surface area contributed by atoms with Crippen LogP contribution in [0.15, 0.2) is 48.5 Å². The van der Waals surface area contributed by atoms with E-state index in [1.165, 1.54) is 24.3 Å². The number of amides is 1. The van der Waals surface area contributed by atoms with Gasteiger partial charge in [0.2, 0.25) is 10.0 Å². The van der Waals surface area contributed by atoms with Gasteiger partial charge in [0, 0.05) is 17.7 Å². The lowest BCUT2D eigenvalue weighted by atomic mass is 10.1. The molecular formula is C17H19FN2O3S. The van der Waals surface area contributed by atoms with Crippen LogP contribution < -0.4 is 9.62 Å². The molecule has 1 N–H and O–H groups in total. The summed E-state index contributed by atoms with van der Waals surface area (Å²) >= 11 is 0. The Morgan fingerprint density at radius 2 is 1.75 bits per heavy atom. The molecule has 5 nitrogen and oxygen atoms in total. The van der Waals surface area contributed by atoms with Crippen molar-refractivity contribution in [1.29, 1.82) is 0 Å². The summed E-state index contributed by atoms with van der Waals surface area (Å²) < 4.78 is 39.1. The first-order valence-corrected chi connectivity index (χ1v) is 9.27. The second-order valence-corrected chi connectivity index (χ2v) is 7.17. The minimum Gasteiger partial charge on any atom is -0.352 e. The Kier molecular flexibility index (Phi) is 5.56. The van der Waals surface area contributed by atoms with Crippen molar-refractivity contribution in [2.75, 3.05) is 17.1 Å². The second kappa shape index (κ2) is 7.44. The van der Waals surface area contributed by atoms with Gasteiger partial charge >= 0.3 is 0 Å². The quantitative estimate of drug-likeness (QED) is 0.871. The zero-order valence-electron chi connectivity index (χ0n) is 13.5. The van der Waals surface area contributed by atoms with Crippen LogP contribution in [0.4, 0.5) is 10.1 Å². The first kappa shape index (κ1) is 17.9. The molecule has 0 heterocycles. The molecule has 0 bridgehead atoms. The molecule has 128 valence electrons. The zero-order valence-corrected chi connectivity index (χ0v) is 14.3. The third kappa shape index (κ3) is 4.32. The third-order valence-corrected chi connectivity index (χ3v) is 4.57. The number of carbonyl (C=O) groups excluding carboxylic acids is 1. The fraction of sp³-hybridized carbons (Fsp3) is 0.235. The molecule has 2 rings (SSSR count). The summed E-state index contributed by atoms with van der Waals surface area (Å²) in [7, 11) is -3.61. The van der Waals surface area contributed by atoms with Crippen molar-refractivity contribution in [3.63, 3.8) is 0 Å². The largest absolute Gasteiger partial charge is 0.352 e. The monoisotopic (exact) mass is 350 g/mol. The maximum Gasteiger partial charge on any atom is 0.251 e. The molecule has 0 fully saturated rings. The third-order valence-electron chi connectivity index (χ3n) is 3.43. The van der Waals surface area contributed by atoms with Gasteiger partial charge in [-0.1, -0.05) is 18.2 Å². The smallest absolute Gasteiger partial charge is 0.251 e. The number of rotatable bonds is 6. The number of hydrogen-bond donors (Lipinski definition) is 1. The Balaban J connectivity index is 2.32. The van der Waals surface area contributed by atoms with Crippen molar-refractivity contribution in [1.82, 2.24) is 5.32 Å². The molecule has 2 aromatic carbocycles. The highest BCUT2D eigenvalue weighted by atomic mass is 32.2. The van der Waals surface area contributed by atoms with Crippen LogP contribution in [0.3, 0.4) is 0 Å². The first-order valence-electron chi connectivity index (χ1n) is 7.42. The maximum atomic E-state index is 13.8. The van der Waals surface area contributed by atoms with Crippen LogP contribution in [-0.2, 0) is 16.6 Å². The molecule has 0 saturated carbocycles. The van der Waals surface area contributed by atoms with Crippen molar-refractivity contribution >= 4 is 21.6 Å². The lowest BCUT2D eigenvalue weighted by Gasteiger charge is -2.23. The van der Waals surface area contributed by atoms with E-state index in [-0.39, 0.29) is 18.0 Å². The van der Waals surface area contributed by atoms with E-state index in [9.17, 15) is 17.6 Å². The number of nitrogens with one attached hydrogen (secondary N) is 1. The Morgan fingerprint density at radius 3 is 2.29 bits per heavy atom. The predicted molar refractivity (Wildman–Crippen MR) is 91.9 cm³/mol. The summed E-state index contributed by atoms with van der Waals surface area (Å²) in [6.07, 6.45) is 1.06. The Morgan fingerprint density at radius 1 is 1.12 bits per heavy atom. The average molecular weight is 350 g/mol. The molecule has 0 unspecified atom stereocenters. The fourth-order valence-corrected chi connectivity index (χ4v) is 3.10. The van der Waals surface area contributed by atoms with Crippen LogP contribution in [0.25, 0.3) is 0 Å². The van der Waals surface area contributed by atoms with Crippen molar-refractivity contribution in [2.24, 2.45) is 0 Å². The van der Waals surface area contributed by atoms with E-state index in [0.29, 0.717) is 17.8 Å². The Labute approximate surface area is 141 Å². The lowest BCUT2D eigenvalue weighted by molar-refractivity contribution is 0.0956. The molecule has 0 saturated heterocycles. The highest BCUT2D eigenvalue weighted by Gasteiger charge is 2.19. The van der Waals surface area contributed by atoms with Gasteiger partial charge in [-0.05, 0) is 37.3 Å². The van der Waals surface area contributed by atoms with Gasteiger partial charge < -0.3 is 5.32 Å². The predicted octanol–water partition coefficient (Wildman–Crippen LogP) is 2.54. The highest BCUT2D eigenvalue weighted by molar-refractivity contribution is 7.92. The van der Waals surface area contributed by atoms with Crippen molar-refractivity contribution in [2.45, 2.75) is 13.5 Å². The second-order valence-electron chi connectivity index (χ2n) is 5.27. The molecule has 0 spiro atoms. The number of anilines is 1. The number of nitrogens with zero attached hydrogens (tertiary/aromatic N) is 1. The molecule has 0 aromatic heterocycles. The van der Waals surface area contributed by atoms with E-state index in [2.05, 4.69) is 5.32 Å². The summed E-state index contributed by atoms with van der Waals surface area (Å²) in [6, 6.07) is 12.2. The minimum absolute atomic E-state index is 0.119. The summed E-state index contributed by atoms with van der Waals surface area (Å²) in [5, 5.41) is 2.67. The van der Waals surface area contributed by atoms with Gasteiger partial charge in [-0.3, -0.25) is 9.10 Å². The molecular weight excluding hydrogens is 331 g/mol. The van der Waals surface area contributed by atoms with Gasteiger partial charge in [-0.25, -0.2) is 12.8 Å². The van der Waals surface area contributed by atoms with E-state index in [4.69, 9.17) is 0 Å². The van der Waals surface area contributed by atoms with Gasteiger partial charge in [0.25, 0.3) is 5.91 Å². The SMILES string of the molecule is CCNC(=O)c1ccc(N(Cc2ccccc2F)S(C)(=O)=O)cc1. The van der Waals surface area contributed by atoms with Gasteiger partial charge in [0.05, 0.1) is 18.5 Å². The molecule has 0 aliphatic rings. The van der Waals surface area contributed by atoms with Crippen LogP contribution in [-0.4, -0.2) is 27.1 Å². The molecule has 0 aliphatic heterocycles. The standard InChI is InChI=1S/C17H19FN2O3S/c1-3-19-17(21)13-8-10-15(11-9-13)20(24(2,22)23)12-14-6-4-5-7-16(14)18/h4-11H,3,12H2,1-2H3,(H,19,21). The van der Waals surface area contributed by atoms with E-state index in [1.54, 1.807) is 24.3 Å². The van der Waals surface area contributed by atoms with Crippen LogP contribution in [0.5, 0.6) is 0 Å². The summed E-state index contributed by atoms with van der Waals surface area (Å²) in [5.74, 6) is -0.700. The number of halogens is 1. The fourth-order valence-electron chi connectivity index (χ4n) is 2.22. The molecule has 1 amide bonds. The van der Waals surface area contributed by atoms with E-state index < -0.39 is 15.8 Å². The maximum absolute atomic E-state index is 13.8. The number of carbonyl (C=O) groups is 1. The molecule has 0 radical (unpaired) electrons. The van der Waals surface area contributed by atoms with Crippen LogP contribution in [0.2, 0.25) is 0 Å². The summed E-state index contributed by atoms with van der Waals surface area (Å²) in [5.41, 5.74) is 1.07. The zero-order chi connectivity index (χ0) is 17.7. The van der Waals surface area contributed by atoms with E-state index >= 15 is 0 Å². The van der Waals surface area contributed by atoms with Gasteiger partial charge in [-0.15, -0.1) is 0 Å². The molecule has 2 aromatic rings. The van der Waals surface area contributed by atoms with Crippen LogP contribution >= 0.6 is 0 Å². The number of benzene rings is 2. The van der Waals surface area contributed by atoms with Crippen molar-refractivity contribution in [3.05, 3.63) is 65.5 Å². The normalized spacial score (nSPS) is 11.1. The highest BCUT2D eigenvalue weighted by Crippen LogP contribution is 2.22. The Hall–Kier alpha value is -2.41. The molecule has 7 heteroatoms. The first-order chi connectivity index (χ1) is 11.3. The molecule has 0 atom stereocenters. The van der Waals surface area contributed by atoms with Crippen LogP contribution in [0.1, 0.15) is 22.8 Å². The minimum atomic E-state index is -3.61. The Bertz CT molecular complexity index is 820. The van der Waals surface area contributed by atoms with Crippen molar-refractivity contribution < 1.29 is 17.6 Å². The molecule has 24 heavy (non-hydrogen) atoms. The average Bonchev–Trinajstić information content (AvgIpc) is 2.53. The molecule has 0 aliphatic carbocycles. The van der Waals surface area contributed by atoms with Gasteiger partial charge in [0.1, 0.15) is 5.82 Å². The van der Waals surface area contributed by atoms with Gasteiger partial charge in [0.15, 0.2) is 0 Å². The van der Waals surface area contributed by atoms with E-state index in [0.717, 1.165) is 10.6 Å². The topological polar surface area (TPSA) is 66.5 Å². The van der Waals surface area contributed by atoms with E-state index in [1.807, 2.05) is 6.92 Å². The van der Waals surface area contributed by atoms with Crippen LogP contribution in [0, 0.1) is 5.82 Å². The summed E-state index contributed by atoms with van der Waals surface area (Å²) in [6.45, 7) is 2.20.